The lowest BCUT2D eigenvalue weighted by molar-refractivity contribution is -0.114. The summed E-state index contributed by atoms with van der Waals surface area (Å²) in [5, 5.41) is 5.56. The van der Waals surface area contributed by atoms with E-state index < -0.39 is 0 Å². The first-order valence-electron chi connectivity index (χ1n) is 6.59. The van der Waals surface area contributed by atoms with Crippen LogP contribution in [0.25, 0.3) is 0 Å². The van der Waals surface area contributed by atoms with E-state index >= 15 is 0 Å². The zero-order chi connectivity index (χ0) is 15.8. The van der Waals surface area contributed by atoms with E-state index in [0.29, 0.717) is 17.1 Å². The Hall–Kier alpha value is -3.09. The standard InChI is InChI=1S/C15H17N5O2/c1-22-13-7-3-2-6-12(13)20-15(16)18-10-14(21)19-11-5-4-8-17-9-11/h2-9H,10H2,1H3,(H,19,21)(H3,16,18,20). The average molecular weight is 299 g/mol. The molecule has 0 bridgehead atoms. The van der Waals surface area contributed by atoms with E-state index in [0.717, 1.165) is 0 Å². The van der Waals surface area contributed by atoms with Gasteiger partial charge in [0.15, 0.2) is 5.96 Å². The molecule has 0 aliphatic carbocycles. The second-order valence-corrected chi connectivity index (χ2v) is 4.32. The number of aliphatic imine (C=N–C) groups is 1. The van der Waals surface area contributed by atoms with Crippen molar-refractivity contribution in [2.24, 2.45) is 10.7 Å². The minimum atomic E-state index is -0.280. The number of nitrogens with zero attached hydrogens (tertiary/aromatic N) is 2. The zero-order valence-electron chi connectivity index (χ0n) is 12.1. The molecule has 0 saturated carbocycles. The van der Waals surface area contributed by atoms with Crippen LogP contribution in [0.2, 0.25) is 0 Å². The highest BCUT2D eigenvalue weighted by Gasteiger charge is 2.04. The Kier molecular flexibility index (Phi) is 5.31. The number of hydrogen-bond donors (Lipinski definition) is 3. The van der Waals surface area contributed by atoms with Gasteiger partial charge in [-0.15, -0.1) is 0 Å². The van der Waals surface area contributed by atoms with Crippen LogP contribution < -0.4 is 21.1 Å². The van der Waals surface area contributed by atoms with Gasteiger partial charge in [0.2, 0.25) is 5.91 Å². The van der Waals surface area contributed by atoms with Crippen molar-refractivity contribution >= 4 is 23.2 Å². The molecule has 0 aliphatic heterocycles. The molecule has 0 saturated heterocycles. The van der Waals surface area contributed by atoms with Crippen LogP contribution >= 0.6 is 0 Å². The van der Waals surface area contributed by atoms with Crippen LogP contribution in [0.1, 0.15) is 0 Å². The van der Waals surface area contributed by atoms with Gasteiger partial charge in [0, 0.05) is 6.20 Å². The number of guanidine groups is 1. The molecule has 0 unspecified atom stereocenters. The first kappa shape index (κ1) is 15.3. The van der Waals surface area contributed by atoms with E-state index in [2.05, 4.69) is 20.6 Å². The number of nitrogens with one attached hydrogen (secondary N) is 2. The number of hydrogen-bond acceptors (Lipinski definition) is 4. The van der Waals surface area contributed by atoms with Crippen LogP contribution in [0.15, 0.2) is 53.8 Å². The third kappa shape index (κ3) is 4.48. The number of benzene rings is 1. The van der Waals surface area contributed by atoms with Crippen LogP contribution in [0.4, 0.5) is 11.4 Å². The van der Waals surface area contributed by atoms with Crippen molar-refractivity contribution in [2.45, 2.75) is 0 Å². The number of ether oxygens (including phenoxy) is 1. The van der Waals surface area contributed by atoms with E-state index in [-0.39, 0.29) is 18.4 Å². The molecule has 1 amide bonds. The molecular formula is C15H17N5O2. The highest BCUT2D eigenvalue weighted by Crippen LogP contribution is 2.22. The number of anilines is 2. The number of para-hydroxylation sites is 2. The van der Waals surface area contributed by atoms with Crippen LogP contribution in [-0.2, 0) is 4.79 Å². The normalized spacial score (nSPS) is 10.9. The molecule has 1 aromatic heterocycles. The summed E-state index contributed by atoms with van der Waals surface area (Å²) in [6.45, 7) is -0.0944. The topological polar surface area (TPSA) is 102 Å². The van der Waals surface area contributed by atoms with Gasteiger partial charge in [0.1, 0.15) is 12.3 Å². The molecule has 114 valence electrons. The maximum Gasteiger partial charge on any atom is 0.246 e. The fourth-order valence-electron chi connectivity index (χ4n) is 1.72. The molecule has 4 N–H and O–H groups in total. The predicted molar refractivity (Wildman–Crippen MR) is 86.0 cm³/mol. The largest absolute Gasteiger partial charge is 0.495 e. The summed E-state index contributed by atoms with van der Waals surface area (Å²) in [4.78, 5) is 19.6. The molecule has 0 spiro atoms. The second kappa shape index (κ2) is 7.63. The Morgan fingerprint density at radius 3 is 2.82 bits per heavy atom. The molecule has 0 atom stereocenters. The van der Waals surface area contributed by atoms with Crippen molar-refractivity contribution in [1.82, 2.24) is 4.98 Å². The van der Waals surface area contributed by atoms with E-state index in [1.807, 2.05) is 12.1 Å². The quantitative estimate of drug-likeness (QED) is 0.573. The van der Waals surface area contributed by atoms with Gasteiger partial charge < -0.3 is 21.1 Å². The SMILES string of the molecule is COc1ccccc1NC(N)=NCC(=O)Nc1cccnc1. The highest BCUT2D eigenvalue weighted by molar-refractivity contribution is 5.97. The van der Waals surface area contributed by atoms with Crippen molar-refractivity contribution in [3.8, 4) is 5.75 Å². The fourth-order valence-corrected chi connectivity index (χ4v) is 1.72. The summed E-state index contributed by atoms with van der Waals surface area (Å²) in [6.07, 6.45) is 3.18. The second-order valence-electron chi connectivity index (χ2n) is 4.32. The molecule has 7 heteroatoms. The molecule has 7 nitrogen and oxygen atoms in total. The molecule has 0 aliphatic rings. The van der Waals surface area contributed by atoms with Gasteiger partial charge in [-0.3, -0.25) is 9.78 Å². The Morgan fingerprint density at radius 2 is 2.09 bits per heavy atom. The van der Waals surface area contributed by atoms with Crippen molar-refractivity contribution in [2.75, 3.05) is 24.3 Å². The van der Waals surface area contributed by atoms with Gasteiger partial charge in [-0.2, -0.15) is 0 Å². The number of amides is 1. The molecule has 0 fully saturated rings. The van der Waals surface area contributed by atoms with Gasteiger partial charge in [-0.25, -0.2) is 4.99 Å². The Labute approximate surface area is 128 Å². The maximum absolute atomic E-state index is 11.7. The van der Waals surface area contributed by atoms with Gasteiger partial charge in [-0.05, 0) is 24.3 Å². The summed E-state index contributed by atoms with van der Waals surface area (Å²) in [7, 11) is 1.56. The summed E-state index contributed by atoms with van der Waals surface area (Å²) >= 11 is 0. The lowest BCUT2D eigenvalue weighted by atomic mass is 10.3. The smallest absolute Gasteiger partial charge is 0.246 e. The maximum atomic E-state index is 11.7. The van der Waals surface area contributed by atoms with Gasteiger partial charge >= 0.3 is 0 Å². The molecule has 1 heterocycles. The molecule has 0 radical (unpaired) electrons. The van der Waals surface area contributed by atoms with Crippen LogP contribution in [-0.4, -0.2) is 30.5 Å². The Balaban J connectivity index is 1.91. The van der Waals surface area contributed by atoms with E-state index in [4.69, 9.17) is 10.5 Å². The van der Waals surface area contributed by atoms with Crippen LogP contribution in [0.3, 0.4) is 0 Å². The number of aromatic nitrogens is 1. The third-order valence-corrected chi connectivity index (χ3v) is 2.71. The number of nitrogens with two attached hydrogens (primary N) is 1. The number of rotatable bonds is 5. The minimum absolute atomic E-state index is 0.0944. The van der Waals surface area contributed by atoms with Crippen molar-refractivity contribution < 1.29 is 9.53 Å². The number of carbonyl (C=O) groups excluding carboxylic acids is 1. The van der Waals surface area contributed by atoms with Crippen LogP contribution in [0.5, 0.6) is 5.75 Å². The van der Waals surface area contributed by atoms with Crippen molar-refractivity contribution in [3.63, 3.8) is 0 Å². The first-order valence-corrected chi connectivity index (χ1v) is 6.59. The van der Waals surface area contributed by atoms with Gasteiger partial charge in [0.25, 0.3) is 0 Å². The summed E-state index contributed by atoms with van der Waals surface area (Å²) in [5.41, 5.74) is 7.05. The average Bonchev–Trinajstić information content (AvgIpc) is 2.54. The van der Waals surface area contributed by atoms with E-state index in [1.54, 1.807) is 43.8 Å². The number of carbonyl (C=O) groups is 1. The lowest BCUT2D eigenvalue weighted by Gasteiger charge is -2.10. The zero-order valence-corrected chi connectivity index (χ0v) is 12.1. The predicted octanol–water partition coefficient (Wildman–Crippen LogP) is 1.46. The number of methoxy groups -OCH3 is 1. The van der Waals surface area contributed by atoms with Gasteiger partial charge in [-0.1, -0.05) is 12.1 Å². The third-order valence-electron chi connectivity index (χ3n) is 2.71. The highest BCUT2D eigenvalue weighted by atomic mass is 16.5. The lowest BCUT2D eigenvalue weighted by Crippen LogP contribution is -2.25. The van der Waals surface area contributed by atoms with E-state index in [1.165, 1.54) is 0 Å². The summed E-state index contributed by atoms with van der Waals surface area (Å²) in [5.74, 6) is 0.490. The molecule has 2 rings (SSSR count). The minimum Gasteiger partial charge on any atom is -0.495 e. The molecular weight excluding hydrogens is 282 g/mol. The Morgan fingerprint density at radius 1 is 1.27 bits per heavy atom. The number of pyridine rings is 1. The summed E-state index contributed by atoms with van der Waals surface area (Å²) in [6, 6.07) is 10.8. The van der Waals surface area contributed by atoms with Crippen molar-refractivity contribution in [3.05, 3.63) is 48.8 Å². The first-order chi connectivity index (χ1) is 10.7. The fraction of sp³-hybridized carbons (Fsp3) is 0.133. The molecule has 22 heavy (non-hydrogen) atoms. The van der Waals surface area contributed by atoms with Gasteiger partial charge in [0.05, 0.1) is 24.7 Å². The van der Waals surface area contributed by atoms with Crippen LogP contribution in [0, 0.1) is 0 Å². The molecule has 2 aromatic rings. The summed E-state index contributed by atoms with van der Waals surface area (Å²) < 4.78 is 5.19. The monoisotopic (exact) mass is 299 g/mol. The van der Waals surface area contributed by atoms with E-state index in [9.17, 15) is 4.79 Å². The van der Waals surface area contributed by atoms with Crippen molar-refractivity contribution in [1.29, 1.82) is 0 Å². The molecule has 1 aromatic carbocycles. The Bertz CT molecular complexity index is 658.